The molecule has 5 nitrogen and oxygen atoms in total. The zero-order valence-electron chi connectivity index (χ0n) is 11.2. The molecule has 1 fully saturated rings. The van der Waals surface area contributed by atoms with Crippen molar-refractivity contribution in [2.24, 2.45) is 0 Å². The minimum Gasteiger partial charge on any atom is -0.479 e. The van der Waals surface area contributed by atoms with Crippen LogP contribution in [0.2, 0.25) is 5.02 Å². The van der Waals surface area contributed by atoms with Gasteiger partial charge in [0.1, 0.15) is 0 Å². The van der Waals surface area contributed by atoms with Crippen LogP contribution in [0.3, 0.4) is 0 Å². The molecule has 1 heterocycles. The number of carboxylic acid groups (broad SMARTS) is 1. The largest absolute Gasteiger partial charge is 0.479 e. The quantitative estimate of drug-likeness (QED) is 0.876. The summed E-state index contributed by atoms with van der Waals surface area (Å²) in [5, 5.41) is 9.55. The minimum absolute atomic E-state index is 0.0728. The van der Waals surface area contributed by atoms with Gasteiger partial charge in [0, 0.05) is 22.5 Å². The number of carboxylic acids is 1. The number of carbonyl (C=O) groups excluding carboxylic acids is 1. The molecule has 1 atom stereocenters. The summed E-state index contributed by atoms with van der Waals surface area (Å²) in [5.74, 6) is -1.11. The van der Waals surface area contributed by atoms with Crippen LogP contribution in [-0.4, -0.2) is 47.7 Å². The van der Waals surface area contributed by atoms with Crippen LogP contribution in [0.4, 0.5) is 0 Å². The van der Waals surface area contributed by atoms with Crippen molar-refractivity contribution in [2.75, 3.05) is 19.7 Å². The molecule has 114 valence electrons. The number of nitrogens with zero attached hydrogens (tertiary/aromatic N) is 1. The molecule has 1 amide bonds. The highest BCUT2D eigenvalue weighted by Gasteiger charge is 2.28. The molecule has 1 aromatic rings. The molecule has 1 saturated heterocycles. The first-order chi connectivity index (χ1) is 9.97. The molecule has 0 radical (unpaired) electrons. The van der Waals surface area contributed by atoms with E-state index in [1.54, 1.807) is 11.0 Å². The zero-order chi connectivity index (χ0) is 15.4. The van der Waals surface area contributed by atoms with Crippen LogP contribution < -0.4 is 0 Å². The average Bonchev–Trinajstić information content (AvgIpc) is 2.48. The topological polar surface area (TPSA) is 66.8 Å². The number of hydrogen-bond donors (Lipinski definition) is 1. The molecule has 0 aliphatic carbocycles. The number of aliphatic carboxylic acids is 1. The third-order valence-corrected chi connectivity index (χ3v) is 4.32. The molecule has 0 spiro atoms. The maximum Gasteiger partial charge on any atom is 0.334 e. The van der Waals surface area contributed by atoms with Gasteiger partial charge in [0.05, 0.1) is 13.2 Å². The number of carbonyl (C=O) groups is 2. The van der Waals surface area contributed by atoms with Crippen LogP contribution in [0.15, 0.2) is 22.7 Å². The standard InChI is InChI=1S/C14H15BrClNO4/c15-11-3-2-10(16)7-9(11)1-4-13(18)17-5-6-21-12(8-17)14(19)20/h2-3,7,12H,1,4-6,8H2,(H,19,20)/t12-/m1/s1. The van der Waals surface area contributed by atoms with Gasteiger partial charge >= 0.3 is 5.97 Å². The number of halogens is 2. The van der Waals surface area contributed by atoms with E-state index in [9.17, 15) is 9.59 Å². The fraction of sp³-hybridized carbons (Fsp3) is 0.429. The lowest BCUT2D eigenvalue weighted by Crippen LogP contribution is -2.48. The van der Waals surface area contributed by atoms with E-state index in [2.05, 4.69) is 15.9 Å². The lowest BCUT2D eigenvalue weighted by molar-refractivity contribution is -0.159. The first-order valence-corrected chi connectivity index (χ1v) is 7.70. The molecule has 1 N–H and O–H groups in total. The van der Waals surface area contributed by atoms with Gasteiger partial charge in [-0.15, -0.1) is 0 Å². The smallest absolute Gasteiger partial charge is 0.334 e. The second-order valence-corrected chi connectivity index (χ2v) is 6.06. The molecule has 0 unspecified atom stereocenters. The maximum atomic E-state index is 12.2. The van der Waals surface area contributed by atoms with E-state index in [0.29, 0.717) is 24.4 Å². The molecule has 1 aromatic carbocycles. The normalized spacial score (nSPS) is 18.6. The summed E-state index contributed by atoms with van der Waals surface area (Å²) in [6, 6.07) is 5.44. The number of rotatable bonds is 4. The third-order valence-electron chi connectivity index (χ3n) is 3.31. The number of hydrogen-bond acceptors (Lipinski definition) is 3. The summed E-state index contributed by atoms with van der Waals surface area (Å²) in [7, 11) is 0. The Morgan fingerprint density at radius 3 is 2.95 bits per heavy atom. The van der Waals surface area contributed by atoms with Gasteiger partial charge < -0.3 is 14.7 Å². The Bertz CT molecular complexity index is 552. The first kappa shape index (κ1) is 16.3. The van der Waals surface area contributed by atoms with Crippen molar-refractivity contribution in [1.82, 2.24) is 4.90 Å². The van der Waals surface area contributed by atoms with Gasteiger partial charge in [-0.2, -0.15) is 0 Å². The van der Waals surface area contributed by atoms with E-state index in [1.165, 1.54) is 0 Å². The first-order valence-electron chi connectivity index (χ1n) is 6.53. The average molecular weight is 377 g/mol. The third kappa shape index (κ3) is 4.43. The number of ether oxygens (including phenoxy) is 1. The van der Waals surface area contributed by atoms with Gasteiger partial charge in [-0.05, 0) is 30.2 Å². The van der Waals surface area contributed by atoms with E-state index in [0.717, 1.165) is 10.0 Å². The molecular formula is C14H15BrClNO4. The molecule has 1 aliphatic rings. The summed E-state index contributed by atoms with van der Waals surface area (Å²) in [6.07, 6.45) is -0.0685. The van der Waals surface area contributed by atoms with E-state index < -0.39 is 12.1 Å². The Labute approximate surface area is 136 Å². The number of aryl methyl sites for hydroxylation is 1. The Hall–Kier alpha value is -1.11. The highest BCUT2D eigenvalue weighted by molar-refractivity contribution is 9.10. The predicted octanol–water partition coefficient (Wildman–Crippen LogP) is 2.35. The number of morpholine rings is 1. The molecule has 0 bridgehead atoms. The Morgan fingerprint density at radius 1 is 1.48 bits per heavy atom. The molecule has 0 aromatic heterocycles. The monoisotopic (exact) mass is 375 g/mol. The second-order valence-electron chi connectivity index (χ2n) is 4.77. The van der Waals surface area contributed by atoms with Gasteiger partial charge in [-0.3, -0.25) is 4.79 Å². The van der Waals surface area contributed by atoms with Gasteiger partial charge in [-0.1, -0.05) is 27.5 Å². The highest BCUT2D eigenvalue weighted by atomic mass is 79.9. The van der Waals surface area contributed by atoms with Crippen LogP contribution in [0.25, 0.3) is 0 Å². The predicted molar refractivity (Wildman–Crippen MR) is 81.4 cm³/mol. The van der Waals surface area contributed by atoms with Crippen molar-refractivity contribution in [3.63, 3.8) is 0 Å². The van der Waals surface area contributed by atoms with Crippen LogP contribution in [0.5, 0.6) is 0 Å². The van der Waals surface area contributed by atoms with E-state index in [-0.39, 0.29) is 19.1 Å². The SMILES string of the molecule is O=C(O)[C@H]1CN(C(=O)CCc2cc(Cl)ccc2Br)CCO1. The fourth-order valence-corrected chi connectivity index (χ4v) is 2.80. The molecule has 7 heteroatoms. The van der Waals surface area contributed by atoms with E-state index in [4.69, 9.17) is 21.4 Å². The lowest BCUT2D eigenvalue weighted by Gasteiger charge is -2.31. The summed E-state index contributed by atoms with van der Waals surface area (Å²) in [5.41, 5.74) is 0.957. The highest BCUT2D eigenvalue weighted by Crippen LogP contribution is 2.22. The van der Waals surface area contributed by atoms with Crippen molar-refractivity contribution in [3.05, 3.63) is 33.3 Å². The Kier molecular flexibility index (Phi) is 5.61. The summed E-state index contributed by atoms with van der Waals surface area (Å²) >= 11 is 9.36. The van der Waals surface area contributed by atoms with Gasteiger partial charge in [-0.25, -0.2) is 4.79 Å². The number of benzene rings is 1. The van der Waals surface area contributed by atoms with E-state index in [1.807, 2.05) is 12.1 Å². The van der Waals surface area contributed by atoms with Gasteiger partial charge in [0.15, 0.2) is 6.10 Å². The molecule has 2 rings (SSSR count). The second kappa shape index (κ2) is 7.24. The van der Waals surface area contributed by atoms with Crippen LogP contribution in [-0.2, 0) is 20.7 Å². The van der Waals surface area contributed by atoms with Gasteiger partial charge in [0.2, 0.25) is 5.91 Å². The molecule has 21 heavy (non-hydrogen) atoms. The van der Waals surface area contributed by atoms with Crippen molar-refractivity contribution in [3.8, 4) is 0 Å². The maximum absolute atomic E-state index is 12.2. The fourth-order valence-electron chi connectivity index (χ4n) is 2.16. The Balaban J connectivity index is 1.92. The van der Waals surface area contributed by atoms with Crippen LogP contribution in [0.1, 0.15) is 12.0 Å². The summed E-state index contributed by atoms with van der Waals surface area (Å²) in [4.78, 5) is 24.6. The van der Waals surface area contributed by atoms with Crippen LogP contribution >= 0.6 is 27.5 Å². The van der Waals surface area contributed by atoms with Gasteiger partial charge in [0.25, 0.3) is 0 Å². The van der Waals surface area contributed by atoms with E-state index >= 15 is 0 Å². The Morgan fingerprint density at radius 2 is 2.24 bits per heavy atom. The van der Waals surface area contributed by atoms with Crippen molar-refractivity contribution >= 4 is 39.4 Å². The van der Waals surface area contributed by atoms with Crippen molar-refractivity contribution < 1.29 is 19.4 Å². The summed E-state index contributed by atoms with van der Waals surface area (Å²) in [6.45, 7) is 0.785. The minimum atomic E-state index is -1.04. The van der Waals surface area contributed by atoms with Crippen LogP contribution in [0, 0.1) is 0 Å². The molecule has 0 saturated carbocycles. The lowest BCUT2D eigenvalue weighted by atomic mass is 10.1. The van der Waals surface area contributed by atoms with Crippen molar-refractivity contribution in [1.29, 1.82) is 0 Å². The zero-order valence-corrected chi connectivity index (χ0v) is 13.6. The van der Waals surface area contributed by atoms with Crippen molar-refractivity contribution in [2.45, 2.75) is 18.9 Å². The summed E-state index contributed by atoms with van der Waals surface area (Å²) < 4.78 is 6.01. The molecular weight excluding hydrogens is 362 g/mol. The number of amides is 1. The molecule has 1 aliphatic heterocycles.